The minimum absolute atomic E-state index is 0.178. The molecule has 0 bridgehead atoms. The highest BCUT2D eigenvalue weighted by molar-refractivity contribution is 6.07. The Bertz CT molecular complexity index is 1190. The van der Waals surface area contributed by atoms with Crippen LogP contribution in [0.3, 0.4) is 0 Å². The van der Waals surface area contributed by atoms with Crippen molar-refractivity contribution in [2.75, 3.05) is 16.8 Å². The predicted octanol–water partition coefficient (Wildman–Crippen LogP) is 4.53. The van der Waals surface area contributed by atoms with Crippen LogP contribution in [0, 0.1) is 0 Å². The van der Waals surface area contributed by atoms with Gasteiger partial charge in [-0.15, -0.1) is 0 Å². The third-order valence-corrected chi connectivity index (χ3v) is 5.25. The molecule has 0 fully saturated rings. The van der Waals surface area contributed by atoms with Crippen LogP contribution >= 0.6 is 0 Å². The first-order valence-electron chi connectivity index (χ1n) is 9.72. The molecule has 2 aromatic heterocycles. The van der Waals surface area contributed by atoms with Gasteiger partial charge in [-0.3, -0.25) is 9.59 Å². The monoisotopic (exact) mass is 397 g/mol. The lowest BCUT2D eigenvalue weighted by atomic mass is 10.1. The molecule has 148 valence electrons. The molecule has 0 saturated carbocycles. The molecule has 5 rings (SSSR count). The average molecular weight is 397 g/mol. The van der Waals surface area contributed by atoms with Gasteiger partial charge in [0, 0.05) is 41.6 Å². The lowest BCUT2D eigenvalue weighted by Crippen LogP contribution is -2.28. The zero-order valence-corrected chi connectivity index (χ0v) is 16.1. The molecule has 0 saturated heterocycles. The number of anilines is 2. The topological polar surface area (TPSA) is 67.5 Å². The van der Waals surface area contributed by atoms with Crippen LogP contribution in [0.25, 0.3) is 5.69 Å². The number of amides is 2. The number of nitrogens with one attached hydrogen (secondary N) is 1. The first-order valence-corrected chi connectivity index (χ1v) is 9.72. The van der Waals surface area contributed by atoms with E-state index >= 15 is 0 Å². The van der Waals surface area contributed by atoms with Crippen LogP contribution in [-0.2, 0) is 6.42 Å². The van der Waals surface area contributed by atoms with Gasteiger partial charge >= 0.3 is 0 Å². The summed E-state index contributed by atoms with van der Waals surface area (Å²) in [5, 5.41) is 2.93. The third-order valence-electron chi connectivity index (χ3n) is 5.25. The summed E-state index contributed by atoms with van der Waals surface area (Å²) < 4.78 is 7.23. The minimum Gasteiger partial charge on any atom is -0.459 e. The van der Waals surface area contributed by atoms with Crippen molar-refractivity contribution in [3.05, 3.63) is 102 Å². The average Bonchev–Trinajstić information content (AvgIpc) is 3.55. The summed E-state index contributed by atoms with van der Waals surface area (Å²) in [4.78, 5) is 27.1. The molecule has 1 N–H and O–H groups in total. The number of benzene rings is 2. The number of hydrogen-bond acceptors (Lipinski definition) is 3. The second kappa shape index (κ2) is 7.40. The minimum atomic E-state index is -0.198. The molecule has 2 aromatic carbocycles. The Morgan fingerprint density at radius 3 is 2.47 bits per heavy atom. The smallest absolute Gasteiger partial charge is 0.293 e. The molecule has 3 heterocycles. The Morgan fingerprint density at radius 1 is 0.933 bits per heavy atom. The van der Waals surface area contributed by atoms with Crippen LogP contribution in [0.2, 0.25) is 0 Å². The molecule has 0 atom stereocenters. The molecule has 0 spiro atoms. The van der Waals surface area contributed by atoms with E-state index in [1.807, 2.05) is 59.4 Å². The standard InChI is InChI=1S/C24H19N3O3/c28-23(18-6-9-20(10-7-18)26-12-1-2-13-26)25-19-8-5-17-11-14-27(21(17)16-19)24(29)22-4-3-15-30-22/h1-10,12-13,15-16H,11,14H2,(H,25,28). The van der Waals surface area contributed by atoms with Crippen LogP contribution in [0.5, 0.6) is 0 Å². The third kappa shape index (κ3) is 3.28. The fraction of sp³-hybridized carbons (Fsp3) is 0.0833. The van der Waals surface area contributed by atoms with Crippen molar-refractivity contribution < 1.29 is 14.0 Å². The second-order valence-corrected chi connectivity index (χ2v) is 7.12. The normalized spacial score (nSPS) is 12.6. The van der Waals surface area contributed by atoms with Crippen molar-refractivity contribution in [3.8, 4) is 5.69 Å². The van der Waals surface area contributed by atoms with Gasteiger partial charge in [0.2, 0.25) is 0 Å². The molecule has 0 aliphatic carbocycles. The molecule has 0 unspecified atom stereocenters. The highest BCUT2D eigenvalue weighted by Crippen LogP contribution is 2.32. The molecule has 6 nitrogen and oxygen atoms in total. The number of carbonyl (C=O) groups excluding carboxylic acids is 2. The molecule has 1 aliphatic heterocycles. The quantitative estimate of drug-likeness (QED) is 0.550. The second-order valence-electron chi connectivity index (χ2n) is 7.12. The number of carbonyl (C=O) groups is 2. The van der Waals surface area contributed by atoms with Crippen molar-refractivity contribution in [1.82, 2.24) is 4.57 Å². The number of nitrogens with zero attached hydrogens (tertiary/aromatic N) is 2. The highest BCUT2D eigenvalue weighted by Gasteiger charge is 2.27. The van der Waals surface area contributed by atoms with Gasteiger partial charge in [0.15, 0.2) is 5.76 Å². The van der Waals surface area contributed by atoms with Gasteiger partial charge in [0.05, 0.1) is 6.26 Å². The summed E-state index contributed by atoms with van der Waals surface area (Å²) in [6.07, 6.45) is 6.17. The molecule has 4 aromatic rings. The molecule has 6 heteroatoms. The van der Waals surface area contributed by atoms with E-state index < -0.39 is 0 Å². The first-order chi connectivity index (χ1) is 14.7. The van der Waals surface area contributed by atoms with E-state index in [2.05, 4.69) is 5.32 Å². The van der Waals surface area contributed by atoms with E-state index in [0.29, 0.717) is 23.6 Å². The fourth-order valence-corrected chi connectivity index (χ4v) is 3.70. The van der Waals surface area contributed by atoms with Crippen LogP contribution in [0.15, 0.2) is 89.8 Å². The number of hydrogen-bond donors (Lipinski definition) is 1. The van der Waals surface area contributed by atoms with Gasteiger partial charge < -0.3 is 19.2 Å². The number of aromatic nitrogens is 1. The molecular weight excluding hydrogens is 378 g/mol. The van der Waals surface area contributed by atoms with Crippen LogP contribution < -0.4 is 10.2 Å². The lowest BCUT2D eigenvalue weighted by molar-refractivity contribution is 0.0962. The number of rotatable bonds is 4. The van der Waals surface area contributed by atoms with E-state index in [4.69, 9.17) is 4.42 Å². The van der Waals surface area contributed by atoms with E-state index in [9.17, 15) is 9.59 Å². The SMILES string of the molecule is O=C(Nc1ccc2c(c1)N(C(=O)c1ccco1)CC2)c1ccc(-n2cccc2)cc1. The maximum atomic E-state index is 12.7. The summed E-state index contributed by atoms with van der Waals surface area (Å²) in [5.41, 5.74) is 4.07. The van der Waals surface area contributed by atoms with Crippen LogP contribution in [-0.4, -0.2) is 22.9 Å². The Hall–Kier alpha value is -4.06. The van der Waals surface area contributed by atoms with E-state index in [0.717, 1.165) is 23.4 Å². The van der Waals surface area contributed by atoms with Crippen LogP contribution in [0.4, 0.5) is 11.4 Å². The van der Waals surface area contributed by atoms with Gasteiger partial charge in [0.1, 0.15) is 0 Å². The summed E-state index contributed by atoms with van der Waals surface area (Å²) in [7, 11) is 0. The summed E-state index contributed by atoms with van der Waals surface area (Å²) in [6.45, 7) is 0.590. The highest BCUT2D eigenvalue weighted by atomic mass is 16.3. The summed E-state index contributed by atoms with van der Waals surface area (Å²) >= 11 is 0. The summed E-state index contributed by atoms with van der Waals surface area (Å²) in [6, 6.07) is 20.3. The van der Waals surface area contributed by atoms with Gasteiger partial charge in [-0.2, -0.15) is 0 Å². The molecule has 1 aliphatic rings. The van der Waals surface area contributed by atoms with Crippen molar-refractivity contribution in [1.29, 1.82) is 0 Å². The largest absolute Gasteiger partial charge is 0.459 e. The Balaban J connectivity index is 1.34. The molecule has 0 radical (unpaired) electrons. The van der Waals surface area contributed by atoms with Crippen molar-refractivity contribution >= 4 is 23.2 Å². The van der Waals surface area contributed by atoms with E-state index in [1.165, 1.54) is 6.26 Å². The number of furan rings is 1. The Morgan fingerprint density at radius 2 is 1.73 bits per heavy atom. The fourth-order valence-electron chi connectivity index (χ4n) is 3.70. The van der Waals surface area contributed by atoms with Gasteiger partial charge in [-0.25, -0.2) is 0 Å². The van der Waals surface area contributed by atoms with E-state index in [-0.39, 0.29) is 11.8 Å². The van der Waals surface area contributed by atoms with Crippen LogP contribution in [0.1, 0.15) is 26.5 Å². The lowest BCUT2D eigenvalue weighted by Gasteiger charge is -2.17. The Labute approximate surface area is 173 Å². The van der Waals surface area contributed by atoms with Crippen molar-refractivity contribution in [2.24, 2.45) is 0 Å². The summed E-state index contributed by atoms with van der Waals surface area (Å²) in [5.74, 6) is -0.0705. The van der Waals surface area contributed by atoms with Gasteiger partial charge in [-0.05, 0) is 72.6 Å². The Kier molecular flexibility index (Phi) is 4.44. The molecule has 30 heavy (non-hydrogen) atoms. The maximum absolute atomic E-state index is 12.7. The van der Waals surface area contributed by atoms with Crippen molar-refractivity contribution in [3.63, 3.8) is 0 Å². The van der Waals surface area contributed by atoms with Crippen molar-refractivity contribution in [2.45, 2.75) is 6.42 Å². The zero-order valence-electron chi connectivity index (χ0n) is 16.1. The zero-order chi connectivity index (χ0) is 20.5. The predicted molar refractivity (Wildman–Crippen MR) is 114 cm³/mol. The molecule has 2 amide bonds. The maximum Gasteiger partial charge on any atom is 0.293 e. The van der Waals surface area contributed by atoms with E-state index in [1.54, 1.807) is 29.2 Å². The number of fused-ring (bicyclic) bond motifs is 1. The van der Waals surface area contributed by atoms with Gasteiger partial charge in [-0.1, -0.05) is 6.07 Å². The van der Waals surface area contributed by atoms with Gasteiger partial charge in [0.25, 0.3) is 11.8 Å². The first kappa shape index (κ1) is 18.0. The molecular formula is C24H19N3O3.